The summed E-state index contributed by atoms with van der Waals surface area (Å²) in [5, 5.41) is 2.96. The molecule has 0 radical (unpaired) electrons. The number of ether oxygens (including phenoxy) is 2. The van der Waals surface area contributed by atoms with Gasteiger partial charge in [-0.2, -0.15) is 0 Å². The van der Waals surface area contributed by atoms with Gasteiger partial charge in [0.05, 0.1) is 24.6 Å². The second kappa shape index (κ2) is 13.2. The highest BCUT2D eigenvalue weighted by molar-refractivity contribution is 6.11. The van der Waals surface area contributed by atoms with Gasteiger partial charge < -0.3 is 19.7 Å². The van der Waals surface area contributed by atoms with Crippen LogP contribution in [-0.4, -0.2) is 85.6 Å². The molecule has 1 saturated heterocycles. The normalized spacial score (nSPS) is 22.7. The zero-order chi connectivity index (χ0) is 31.3. The second-order valence-electron chi connectivity index (χ2n) is 11.6. The number of hydrogen-bond acceptors (Lipinski definition) is 8. The number of carbonyl (C=O) groups excluding carboxylic acids is 1. The largest absolute Gasteiger partial charge is 0.382 e. The Labute approximate surface area is 268 Å². The molecule has 0 bridgehead atoms. The van der Waals surface area contributed by atoms with E-state index in [0.717, 1.165) is 16.7 Å². The fourth-order valence-corrected chi connectivity index (χ4v) is 6.82. The highest BCUT2D eigenvalue weighted by atomic mass is 16.5. The van der Waals surface area contributed by atoms with Crippen molar-refractivity contribution in [3.63, 3.8) is 0 Å². The van der Waals surface area contributed by atoms with Crippen molar-refractivity contribution in [2.75, 3.05) is 26.8 Å². The summed E-state index contributed by atoms with van der Waals surface area (Å²) < 4.78 is 12.4. The molecule has 4 atom stereocenters. The monoisotopic (exact) mass is 612 g/mol. The first kappa shape index (κ1) is 29.7. The number of fused-ring (bicyclic) bond motifs is 1. The van der Waals surface area contributed by atoms with E-state index in [4.69, 9.17) is 19.5 Å². The van der Waals surface area contributed by atoms with Gasteiger partial charge in [-0.05, 0) is 28.8 Å². The first-order valence-electron chi connectivity index (χ1n) is 15.5. The van der Waals surface area contributed by atoms with Crippen LogP contribution in [0.5, 0.6) is 0 Å². The number of morpholine rings is 1. The van der Waals surface area contributed by atoms with E-state index in [9.17, 15) is 4.79 Å². The molecule has 4 aromatic carbocycles. The minimum absolute atomic E-state index is 0.231. The third-order valence-corrected chi connectivity index (χ3v) is 8.81. The SMILES string of the molecule is COC[C@@H]1CN(C(c2ccccc2)(c2ccccc2)c2ccccc2)C[C@H](N2C=NC3C(NC(=O)c4ccccc4)=NC=NC32)O1. The molecule has 1 N–H and O–H groups in total. The van der Waals surface area contributed by atoms with Crippen molar-refractivity contribution in [2.45, 2.75) is 30.1 Å². The summed E-state index contributed by atoms with van der Waals surface area (Å²) in [7, 11) is 1.70. The molecule has 232 valence electrons. The van der Waals surface area contributed by atoms with E-state index >= 15 is 0 Å². The van der Waals surface area contributed by atoms with Crippen LogP contribution in [-0.2, 0) is 15.0 Å². The Morgan fingerprint density at radius 1 is 0.826 bits per heavy atom. The average Bonchev–Trinajstić information content (AvgIpc) is 3.56. The van der Waals surface area contributed by atoms with Gasteiger partial charge in [-0.25, -0.2) is 9.98 Å². The van der Waals surface area contributed by atoms with E-state index < -0.39 is 24.0 Å². The van der Waals surface area contributed by atoms with Gasteiger partial charge in [0.15, 0.2) is 12.2 Å². The molecule has 46 heavy (non-hydrogen) atoms. The third kappa shape index (κ3) is 5.53. The Morgan fingerprint density at radius 3 is 1.96 bits per heavy atom. The molecular formula is C37H36N6O3. The summed E-state index contributed by atoms with van der Waals surface area (Å²) >= 11 is 0. The number of amidine groups is 1. The summed E-state index contributed by atoms with van der Waals surface area (Å²) in [5.74, 6) is 0.224. The minimum atomic E-state index is -0.625. The number of amides is 1. The number of nitrogens with one attached hydrogen (secondary N) is 1. The molecule has 3 aliphatic rings. The Kier molecular flexibility index (Phi) is 8.52. The average molecular weight is 613 g/mol. The maximum atomic E-state index is 13.0. The van der Waals surface area contributed by atoms with E-state index in [1.54, 1.807) is 25.6 Å². The molecule has 3 heterocycles. The van der Waals surface area contributed by atoms with Gasteiger partial charge in [0.25, 0.3) is 5.91 Å². The Bertz CT molecular complexity index is 1620. The molecule has 0 aliphatic carbocycles. The first-order chi connectivity index (χ1) is 22.7. The van der Waals surface area contributed by atoms with Crippen molar-refractivity contribution in [3.05, 3.63) is 144 Å². The zero-order valence-electron chi connectivity index (χ0n) is 25.6. The van der Waals surface area contributed by atoms with Crippen LogP contribution in [0.1, 0.15) is 27.0 Å². The number of carbonyl (C=O) groups is 1. The third-order valence-electron chi connectivity index (χ3n) is 8.81. The fraction of sp³-hybridized carbons (Fsp3) is 0.243. The summed E-state index contributed by atoms with van der Waals surface area (Å²) in [6, 6.07) is 40.6. The predicted octanol–water partition coefficient (Wildman–Crippen LogP) is 4.56. The lowest BCUT2D eigenvalue weighted by Crippen LogP contribution is -2.63. The summed E-state index contributed by atoms with van der Waals surface area (Å²) in [5.41, 5.74) is 3.40. The van der Waals surface area contributed by atoms with Crippen LogP contribution in [0.3, 0.4) is 0 Å². The predicted molar refractivity (Wildman–Crippen MR) is 179 cm³/mol. The van der Waals surface area contributed by atoms with Crippen molar-refractivity contribution in [2.24, 2.45) is 15.0 Å². The molecule has 0 saturated carbocycles. The van der Waals surface area contributed by atoms with Crippen molar-refractivity contribution in [3.8, 4) is 0 Å². The lowest BCUT2D eigenvalue weighted by atomic mass is 9.75. The molecule has 2 unspecified atom stereocenters. The van der Waals surface area contributed by atoms with Crippen LogP contribution in [0.2, 0.25) is 0 Å². The minimum Gasteiger partial charge on any atom is -0.382 e. The molecule has 1 fully saturated rings. The number of hydrogen-bond donors (Lipinski definition) is 1. The molecule has 0 aromatic heterocycles. The van der Waals surface area contributed by atoms with E-state index in [1.165, 1.54) is 6.34 Å². The maximum absolute atomic E-state index is 13.0. The standard InChI is InChI=1S/C37H36N6O3/c1-45-24-31-22-42(37(28-16-8-3-9-17-28,29-18-10-4-11-19-29)30-20-12-5-13-21-30)23-32(46-31)43-26-40-33-34(38-25-39-35(33)43)41-36(44)27-14-6-2-7-15-27/h2-21,25-26,31-33,35H,22-24H2,1H3,(H,38,39,41,44)/t31-,32+,33?,35?/m0/s1. The van der Waals surface area contributed by atoms with Crippen LogP contribution in [0.25, 0.3) is 0 Å². The van der Waals surface area contributed by atoms with E-state index in [0.29, 0.717) is 31.1 Å². The molecule has 9 heteroatoms. The number of benzene rings is 4. The van der Waals surface area contributed by atoms with Crippen molar-refractivity contribution >= 4 is 24.4 Å². The van der Waals surface area contributed by atoms with E-state index in [2.05, 4.69) is 106 Å². The number of aliphatic imine (C=N–C) groups is 3. The van der Waals surface area contributed by atoms with Gasteiger partial charge in [-0.15, -0.1) is 0 Å². The van der Waals surface area contributed by atoms with Gasteiger partial charge in [0.1, 0.15) is 18.4 Å². The van der Waals surface area contributed by atoms with Crippen LogP contribution < -0.4 is 5.32 Å². The summed E-state index contributed by atoms with van der Waals surface area (Å²) in [6.07, 6.45) is 2.22. The number of nitrogens with zero attached hydrogens (tertiary/aromatic N) is 5. The lowest BCUT2D eigenvalue weighted by Gasteiger charge is -2.52. The Hall–Kier alpha value is -4.96. The highest BCUT2D eigenvalue weighted by Crippen LogP contribution is 2.44. The van der Waals surface area contributed by atoms with Gasteiger partial charge in [-0.1, -0.05) is 109 Å². The molecule has 3 aliphatic heterocycles. The van der Waals surface area contributed by atoms with Gasteiger partial charge in [0, 0.05) is 25.8 Å². The maximum Gasteiger partial charge on any atom is 0.256 e. The summed E-state index contributed by atoms with van der Waals surface area (Å²) in [4.78, 5) is 31.5. The van der Waals surface area contributed by atoms with Crippen LogP contribution in [0.15, 0.2) is 136 Å². The zero-order valence-corrected chi connectivity index (χ0v) is 25.6. The van der Waals surface area contributed by atoms with E-state index in [-0.39, 0.29) is 12.0 Å². The first-order valence-corrected chi connectivity index (χ1v) is 15.5. The van der Waals surface area contributed by atoms with E-state index in [1.807, 2.05) is 23.1 Å². The fourth-order valence-electron chi connectivity index (χ4n) is 6.82. The van der Waals surface area contributed by atoms with Crippen molar-refractivity contribution in [1.29, 1.82) is 0 Å². The molecule has 1 amide bonds. The number of rotatable bonds is 8. The lowest BCUT2D eigenvalue weighted by molar-refractivity contribution is -0.165. The molecular weight excluding hydrogens is 576 g/mol. The smallest absolute Gasteiger partial charge is 0.256 e. The van der Waals surface area contributed by atoms with Crippen molar-refractivity contribution in [1.82, 2.24) is 15.1 Å². The van der Waals surface area contributed by atoms with Crippen LogP contribution >= 0.6 is 0 Å². The second-order valence-corrected chi connectivity index (χ2v) is 11.6. The molecule has 0 spiro atoms. The Balaban J connectivity index is 1.25. The van der Waals surface area contributed by atoms with Crippen LogP contribution in [0, 0.1) is 0 Å². The van der Waals surface area contributed by atoms with Gasteiger partial charge in [-0.3, -0.25) is 14.7 Å². The molecule has 4 aromatic rings. The topological polar surface area (TPSA) is 91.1 Å². The van der Waals surface area contributed by atoms with Crippen molar-refractivity contribution < 1.29 is 14.3 Å². The van der Waals surface area contributed by atoms with Crippen LogP contribution in [0.4, 0.5) is 0 Å². The summed E-state index contributed by atoms with van der Waals surface area (Å²) in [6.45, 7) is 1.60. The van der Waals surface area contributed by atoms with Gasteiger partial charge in [0.2, 0.25) is 0 Å². The van der Waals surface area contributed by atoms with Gasteiger partial charge >= 0.3 is 0 Å². The number of methoxy groups -OCH3 is 1. The Morgan fingerprint density at radius 2 is 1.39 bits per heavy atom. The molecule has 7 rings (SSSR count). The molecule has 9 nitrogen and oxygen atoms in total. The quantitative estimate of drug-likeness (QED) is 0.295. The highest BCUT2D eigenvalue weighted by Gasteiger charge is 2.49.